The van der Waals surface area contributed by atoms with Crippen molar-refractivity contribution in [3.05, 3.63) is 278 Å². The van der Waals surface area contributed by atoms with Gasteiger partial charge < -0.3 is 9.30 Å². The first-order valence-electron chi connectivity index (χ1n) is 33.5. The Balaban J connectivity index is 1.01. The number of hydrogen-bond acceptors (Lipinski definition) is 2. The lowest BCUT2D eigenvalue weighted by atomic mass is 9.78. The van der Waals surface area contributed by atoms with E-state index in [1.54, 1.807) is 0 Å². The smallest absolute Gasteiger partial charge is 0.269 e. The number of nitrogens with zero attached hydrogens (tertiary/aromatic N) is 5. The average molecular weight is 1170 g/mol. The molecular formula is C84H69N5O. The van der Waals surface area contributed by atoms with E-state index in [4.69, 9.17) is 13.8 Å². The van der Waals surface area contributed by atoms with Gasteiger partial charge >= 0.3 is 0 Å². The van der Waals surface area contributed by atoms with E-state index in [1.165, 1.54) is 16.7 Å². The molecule has 0 bridgehead atoms. The minimum Gasteiger partial charge on any atom is -0.458 e. The zero-order valence-electron chi connectivity index (χ0n) is 57.0. The van der Waals surface area contributed by atoms with E-state index in [1.807, 2.05) is 36.5 Å². The standard InChI is InChI=1S/C84H69N5O/c1-82(2,3)56-42-43-85-78(49-56)89-74-38-20-17-32-67(74)68-41-40-61(51-76(68)89)90-60-27-21-26-59(50-60)86-52-87-80-70(35-23-39-75(80)88-72-36-18-15-30-65(72)66-31-16-19-37-73(66)88)79-62(53-24-11-10-12-25-53)33-22-34-69(79)63-28-13-14-29-64(63)71-46-55(47-77(86)81(71)87)54-44-57(83(4,5)6)48-58(45-54)84(7,8)9/h10-51H,1-9H3/i10D,11D,12D,24D,25D. The second-order valence-corrected chi connectivity index (χ2v) is 27.1. The van der Waals surface area contributed by atoms with Gasteiger partial charge in [-0.1, -0.05) is 232 Å². The molecule has 6 heteroatoms. The Bertz CT molecular complexity index is 5620. The molecule has 0 radical (unpaired) electrons. The third kappa shape index (κ3) is 8.98. The van der Waals surface area contributed by atoms with Crippen molar-refractivity contribution in [1.82, 2.24) is 18.7 Å². The first-order valence-corrected chi connectivity index (χ1v) is 31.0. The van der Waals surface area contributed by atoms with Gasteiger partial charge in [-0.25, -0.2) is 4.98 Å². The molecule has 1 aliphatic rings. The SMILES string of the molecule is [2H]c1c([2H])c([2H])c(-c2cccc3c2-c2cccc(-n4c5ccccc5c5ccccc54)c2-[n+]2[c-]n(-c4cccc(Oc5ccc6c7ccccc7n(-c7cc(C(C)(C)C)ccn7)c6c5)c4)c4cc(-c5cc(C(C)(C)C)cc(C(C)(C)C)c5)cc(c42)-c2ccccc2-3)c([2H])c1[2H]. The Morgan fingerprint density at radius 2 is 0.967 bits per heavy atom. The number of aromatic nitrogens is 5. The molecule has 0 saturated carbocycles. The molecule has 0 fully saturated rings. The third-order valence-corrected chi connectivity index (χ3v) is 18.2. The molecule has 6 nitrogen and oxygen atoms in total. The van der Waals surface area contributed by atoms with Crippen LogP contribution in [0.2, 0.25) is 0 Å². The van der Waals surface area contributed by atoms with E-state index in [-0.39, 0.29) is 33.9 Å². The van der Waals surface area contributed by atoms with Crippen LogP contribution in [0.15, 0.2) is 255 Å². The van der Waals surface area contributed by atoms with Crippen LogP contribution in [0, 0.1) is 6.33 Å². The van der Waals surface area contributed by atoms with E-state index >= 15 is 0 Å². The Morgan fingerprint density at radius 1 is 0.411 bits per heavy atom. The highest BCUT2D eigenvalue weighted by Gasteiger charge is 2.31. The monoisotopic (exact) mass is 1170 g/mol. The minimum atomic E-state index is -0.448. The van der Waals surface area contributed by atoms with Crippen LogP contribution in [0.25, 0.3) is 133 Å². The fraction of sp³-hybridized carbons (Fsp3) is 0.143. The zero-order valence-corrected chi connectivity index (χ0v) is 52.0. The van der Waals surface area contributed by atoms with Crippen LogP contribution in [-0.2, 0) is 16.2 Å². The summed E-state index contributed by atoms with van der Waals surface area (Å²) in [6.45, 7) is 20.3. The summed E-state index contributed by atoms with van der Waals surface area (Å²) in [4.78, 5) is 4.97. The Labute approximate surface area is 533 Å². The van der Waals surface area contributed by atoms with Crippen LogP contribution in [0.3, 0.4) is 0 Å². The predicted molar refractivity (Wildman–Crippen MR) is 373 cm³/mol. The molecule has 5 heterocycles. The highest BCUT2D eigenvalue weighted by Crippen LogP contribution is 2.50. The van der Waals surface area contributed by atoms with Gasteiger partial charge in [-0.05, 0) is 161 Å². The summed E-state index contributed by atoms with van der Waals surface area (Å²) >= 11 is 0. The number of ether oxygens (including phenoxy) is 1. The summed E-state index contributed by atoms with van der Waals surface area (Å²) in [5, 5.41) is 4.40. The molecule has 0 atom stereocenters. The lowest BCUT2D eigenvalue weighted by Gasteiger charge is -2.26. The molecule has 0 unspecified atom stereocenters. The number of hydrogen-bond donors (Lipinski definition) is 0. The number of pyridine rings is 1. The first-order chi connectivity index (χ1) is 45.6. The van der Waals surface area contributed by atoms with E-state index in [0.29, 0.717) is 22.6 Å². The van der Waals surface area contributed by atoms with Gasteiger partial charge in [0, 0.05) is 33.8 Å². The summed E-state index contributed by atoms with van der Waals surface area (Å²) in [6, 6.07) is 75.1. The molecule has 0 N–H and O–H groups in total. The van der Waals surface area contributed by atoms with Crippen molar-refractivity contribution in [1.29, 1.82) is 0 Å². The van der Waals surface area contributed by atoms with Crippen molar-refractivity contribution < 1.29 is 16.2 Å². The molecule has 436 valence electrons. The van der Waals surface area contributed by atoms with E-state index in [0.717, 1.165) is 116 Å². The summed E-state index contributed by atoms with van der Waals surface area (Å²) in [5.41, 5.74) is 19.3. The first kappa shape index (κ1) is 49.4. The largest absolute Gasteiger partial charge is 0.458 e. The van der Waals surface area contributed by atoms with Crippen LogP contribution in [0.1, 0.15) is 85.9 Å². The number of benzene rings is 11. The van der Waals surface area contributed by atoms with E-state index in [9.17, 15) is 2.74 Å². The van der Waals surface area contributed by atoms with Crippen LogP contribution in [0.5, 0.6) is 11.5 Å². The second kappa shape index (κ2) is 20.5. The van der Waals surface area contributed by atoms with Crippen molar-refractivity contribution in [3.63, 3.8) is 0 Å². The normalized spacial score (nSPS) is 13.3. The summed E-state index contributed by atoms with van der Waals surface area (Å²) in [6.07, 6.45) is 5.99. The van der Waals surface area contributed by atoms with Crippen molar-refractivity contribution >= 4 is 54.6 Å². The Morgan fingerprint density at radius 3 is 1.64 bits per heavy atom. The number of fused-ring (bicyclic) bond motifs is 13. The van der Waals surface area contributed by atoms with Gasteiger partial charge in [-0.3, -0.25) is 13.7 Å². The molecule has 16 rings (SSSR count). The maximum atomic E-state index is 9.62. The molecule has 0 aliphatic carbocycles. The quantitative estimate of drug-likeness (QED) is 0.118. The highest BCUT2D eigenvalue weighted by atomic mass is 16.5. The van der Waals surface area contributed by atoms with Crippen molar-refractivity contribution in [2.75, 3.05) is 0 Å². The van der Waals surface area contributed by atoms with Gasteiger partial charge in [-0.2, -0.15) is 0 Å². The molecule has 0 spiro atoms. The van der Waals surface area contributed by atoms with Gasteiger partial charge in [0.25, 0.3) is 6.33 Å². The number of rotatable bonds is 7. The molecular weight excluding hydrogens is 1090 g/mol. The van der Waals surface area contributed by atoms with Gasteiger partial charge in [-0.15, -0.1) is 0 Å². The Kier molecular flexibility index (Phi) is 11.3. The minimum absolute atomic E-state index is 0.0852. The molecule has 0 saturated heterocycles. The van der Waals surface area contributed by atoms with Crippen LogP contribution >= 0.6 is 0 Å². The third-order valence-electron chi connectivity index (χ3n) is 18.2. The van der Waals surface area contributed by atoms with Crippen molar-refractivity contribution in [2.24, 2.45) is 0 Å². The molecule has 11 aromatic carbocycles. The van der Waals surface area contributed by atoms with Crippen molar-refractivity contribution in [2.45, 2.75) is 78.6 Å². The fourth-order valence-corrected chi connectivity index (χ4v) is 13.7. The van der Waals surface area contributed by atoms with E-state index in [2.05, 4.69) is 275 Å². The molecule has 90 heavy (non-hydrogen) atoms. The van der Waals surface area contributed by atoms with E-state index < -0.39 is 18.1 Å². The van der Waals surface area contributed by atoms with Gasteiger partial charge in [0.2, 0.25) is 0 Å². The summed E-state index contributed by atoms with van der Waals surface area (Å²) in [7, 11) is 0. The maximum Gasteiger partial charge on any atom is 0.269 e. The average Bonchev–Trinajstić information content (AvgIpc) is 1.60. The summed E-state index contributed by atoms with van der Waals surface area (Å²) in [5.74, 6) is 2.12. The fourth-order valence-electron chi connectivity index (χ4n) is 13.7. The lowest BCUT2D eigenvalue weighted by molar-refractivity contribution is -0.571. The van der Waals surface area contributed by atoms with Gasteiger partial charge in [0.1, 0.15) is 17.3 Å². The highest BCUT2D eigenvalue weighted by molar-refractivity contribution is 6.12. The Hall–Kier alpha value is -10.6. The van der Waals surface area contributed by atoms with Crippen molar-refractivity contribution in [3.8, 4) is 90.0 Å². The molecule has 4 aromatic heterocycles. The number of imidazole rings is 1. The topological polar surface area (TPSA) is 40.8 Å². The molecule has 1 aliphatic heterocycles. The van der Waals surface area contributed by atoms with Crippen LogP contribution < -0.4 is 9.30 Å². The molecule has 0 amide bonds. The van der Waals surface area contributed by atoms with Crippen LogP contribution in [0.4, 0.5) is 0 Å². The molecule has 15 aromatic rings. The second-order valence-electron chi connectivity index (χ2n) is 27.1. The lowest BCUT2D eigenvalue weighted by Crippen LogP contribution is -2.33. The summed E-state index contributed by atoms with van der Waals surface area (Å²) < 4.78 is 62.2. The maximum absolute atomic E-state index is 9.62. The predicted octanol–water partition coefficient (Wildman–Crippen LogP) is 21.6. The van der Waals surface area contributed by atoms with Gasteiger partial charge in [0.05, 0.1) is 57.0 Å². The van der Waals surface area contributed by atoms with Crippen LogP contribution in [-0.4, -0.2) is 18.7 Å². The zero-order chi connectivity index (χ0) is 65.7. The van der Waals surface area contributed by atoms with Gasteiger partial charge in [0.15, 0.2) is 0 Å². The number of para-hydroxylation sites is 4.